The lowest BCUT2D eigenvalue weighted by Gasteiger charge is -2.24. The van der Waals surface area contributed by atoms with Crippen molar-refractivity contribution < 1.29 is 19.4 Å². The highest BCUT2D eigenvalue weighted by atomic mass is 79.9. The molecule has 2 amide bonds. The van der Waals surface area contributed by atoms with Crippen LogP contribution in [0, 0.1) is 5.92 Å². The van der Waals surface area contributed by atoms with Crippen LogP contribution in [0.5, 0.6) is 0 Å². The van der Waals surface area contributed by atoms with Crippen molar-refractivity contribution in [3.8, 4) is 0 Å². The summed E-state index contributed by atoms with van der Waals surface area (Å²) in [7, 11) is 0. The van der Waals surface area contributed by atoms with E-state index in [0.717, 1.165) is 10.0 Å². The molecular weight excluding hydrogens is 376 g/mol. The Kier molecular flexibility index (Phi) is 5.87. The van der Waals surface area contributed by atoms with Crippen molar-refractivity contribution in [2.45, 2.75) is 39.0 Å². The fourth-order valence-electron chi connectivity index (χ4n) is 2.48. The first kappa shape index (κ1) is 18.7. The number of aliphatic hydroxyl groups is 1. The number of likely N-dealkylation sites (tertiary alicyclic amines) is 1. The molecule has 1 heterocycles. The van der Waals surface area contributed by atoms with Gasteiger partial charge in [-0.25, -0.2) is 4.79 Å². The van der Waals surface area contributed by atoms with Gasteiger partial charge >= 0.3 is 6.09 Å². The van der Waals surface area contributed by atoms with Crippen molar-refractivity contribution in [1.82, 2.24) is 10.2 Å². The molecule has 0 saturated carbocycles. The van der Waals surface area contributed by atoms with Crippen LogP contribution in [0.3, 0.4) is 0 Å². The summed E-state index contributed by atoms with van der Waals surface area (Å²) in [6.45, 7) is 5.94. The Morgan fingerprint density at radius 2 is 2.00 bits per heavy atom. The van der Waals surface area contributed by atoms with Crippen LogP contribution in [0.1, 0.15) is 26.3 Å². The molecule has 132 valence electrons. The number of aliphatic hydroxyl groups excluding tert-OH is 1. The Bertz CT molecular complexity index is 615. The maximum Gasteiger partial charge on any atom is 0.410 e. The number of carbonyl (C=O) groups excluding carboxylic acids is 2. The number of amides is 2. The zero-order chi connectivity index (χ0) is 17.9. The monoisotopic (exact) mass is 398 g/mol. The van der Waals surface area contributed by atoms with Crippen molar-refractivity contribution in [2.75, 3.05) is 13.1 Å². The van der Waals surface area contributed by atoms with Crippen molar-refractivity contribution >= 4 is 27.9 Å². The number of halogens is 1. The van der Waals surface area contributed by atoms with Gasteiger partial charge in [0.05, 0.1) is 18.6 Å². The number of benzene rings is 1. The average molecular weight is 399 g/mol. The van der Waals surface area contributed by atoms with Crippen LogP contribution < -0.4 is 5.32 Å². The minimum atomic E-state index is -0.892. The molecule has 1 saturated heterocycles. The summed E-state index contributed by atoms with van der Waals surface area (Å²) in [5, 5.41) is 12.9. The predicted octanol–water partition coefficient (Wildman–Crippen LogP) is 2.29. The highest BCUT2D eigenvalue weighted by Gasteiger charge is 2.40. The summed E-state index contributed by atoms with van der Waals surface area (Å²) in [5.74, 6) is -0.927. The lowest BCUT2D eigenvalue weighted by Crippen LogP contribution is -2.38. The second-order valence-electron chi connectivity index (χ2n) is 6.87. The van der Waals surface area contributed by atoms with E-state index in [-0.39, 0.29) is 19.0 Å². The molecule has 1 aromatic carbocycles. The van der Waals surface area contributed by atoms with Crippen LogP contribution >= 0.6 is 15.9 Å². The third-order valence-electron chi connectivity index (χ3n) is 3.69. The number of carbonyl (C=O) groups is 2. The molecular formula is C17H23BrN2O4. The van der Waals surface area contributed by atoms with Gasteiger partial charge in [-0.3, -0.25) is 4.79 Å². The Balaban J connectivity index is 1.91. The molecule has 2 N–H and O–H groups in total. The van der Waals surface area contributed by atoms with Crippen LogP contribution in [0.2, 0.25) is 0 Å². The number of hydrogen-bond donors (Lipinski definition) is 2. The van der Waals surface area contributed by atoms with Gasteiger partial charge in [0.15, 0.2) is 0 Å². The van der Waals surface area contributed by atoms with Crippen LogP contribution in [0.15, 0.2) is 28.7 Å². The fourth-order valence-corrected chi connectivity index (χ4v) is 2.90. The Morgan fingerprint density at radius 1 is 1.33 bits per heavy atom. The van der Waals surface area contributed by atoms with Crippen LogP contribution in [0.4, 0.5) is 4.79 Å². The van der Waals surface area contributed by atoms with E-state index in [4.69, 9.17) is 4.74 Å². The van der Waals surface area contributed by atoms with Gasteiger partial charge in [0.25, 0.3) is 0 Å². The lowest BCUT2D eigenvalue weighted by atomic mass is 10.1. The van der Waals surface area contributed by atoms with Crippen molar-refractivity contribution in [3.63, 3.8) is 0 Å². The van der Waals surface area contributed by atoms with Crippen LogP contribution in [0.25, 0.3) is 0 Å². The van der Waals surface area contributed by atoms with Gasteiger partial charge in [-0.2, -0.15) is 0 Å². The number of rotatable bonds is 3. The number of nitrogens with one attached hydrogen (secondary N) is 1. The van der Waals surface area contributed by atoms with Crippen molar-refractivity contribution in [1.29, 1.82) is 0 Å². The van der Waals surface area contributed by atoms with Gasteiger partial charge in [-0.1, -0.05) is 34.1 Å². The van der Waals surface area contributed by atoms with Crippen LogP contribution in [-0.2, 0) is 16.1 Å². The first-order chi connectivity index (χ1) is 11.2. The quantitative estimate of drug-likeness (QED) is 0.818. The minimum absolute atomic E-state index is 0.0992. The highest BCUT2D eigenvalue weighted by Crippen LogP contribution is 2.21. The molecule has 6 nitrogen and oxygen atoms in total. The Labute approximate surface area is 150 Å². The third-order valence-corrected chi connectivity index (χ3v) is 4.46. The van der Waals surface area contributed by atoms with E-state index in [1.54, 1.807) is 20.8 Å². The Hall–Kier alpha value is -1.60. The van der Waals surface area contributed by atoms with Gasteiger partial charge in [-0.05, 0) is 32.4 Å². The molecule has 0 unspecified atom stereocenters. The molecule has 1 fully saturated rings. The molecule has 1 aliphatic heterocycles. The predicted molar refractivity (Wildman–Crippen MR) is 93.3 cm³/mol. The highest BCUT2D eigenvalue weighted by molar-refractivity contribution is 9.10. The van der Waals surface area contributed by atoms with E-state index < -0.39 is 23.7 Å². The summed E-state index contributed by atoms with van der Waals surface area (Å²) in [4.78, 5) is 25.8. The van der Waals surface area contributed by atoms with Crippen LogP contribution in [-0.4, -0.2) is 46.8 Å². The lowest BCUT2D eigenvalue weighted by molar-refractivity contribution is -0.127. The molecule has 24 heavy (non-hydrogen) atoms. The zero-order valence-corrected chi connectivity index (χ0v) is 15.7. The summed E-state index contributed by atoms with van der Waals surface area (Å²) in [6, 6.07) is 7.59. The Morgan fingerprint density at radius 3 is 2.62 bits per heavy atom. The van der Waals surface area contributed by atoms with E-state index in [0.29, 0.717) is 6.54 Å². The van der Waals surface area contributed by atoms with Gasteiger partial charge in [-0.15, -0.1) is 0 Å². The average Bonchev–Trinajstić information content (AvgIpc) is 2.86. The summed E-state index contributed by atoms with van der Waals surface area (Å²) in [5.41, 5.74) is 0.337. The second kappa shape index (κ2) is 7.53. The van der Waals surface area contributed by atoms with Gasteiger partial charge in [0.2, 0.25) is 5.91 Å². The standard InChI is InChI=1S/C17H23BrN2O4/c1-17(2,3)24-16(23)20-9-12(14(21)10-20)15(22)19-8-11-6-4-5-7-13(11)18/h4-7,12,14,21H,8-10H2,1-3H3,(H,19,22)/t12-,14+/m1/s1. The normalized spacial score (nSPS) is 20.8. The SMILES string of the molecule is CC(C)(C)OC(=O)N1C[C@H](O)[C@H](C(=O)NCc2ccccc2Br)C1. The van der Waals surface area contributed by atoms with Crippen molar-refractivity contribution in [3.05, 3.63) is 34.3 Å². The zero-order valence-electron chi connectivity index (χ0n) is 14.1. The van der Waals surface area contributed by atoms with Crippen molar-refractivity contribution in [2.24, 2.45) is 5.92 Å². The molecule has 0 bridgehead atoms. The first-order valence-electron chi connectivity index (χ1n) is 7.84. The molecule has 0 aliphatic carbocycles. The number of β-amino-alcohol motifs (C(OH)–C–C–N with tert-alkyl or cyclic N) is 1. The van der Waals surface area contributed by atoms with Gasteiger partial charge in [0.1, 0.15) is 5.60 Å². The topological polar surface area (TPSA) is 78.9 Å². The van der Waals surface area contributed by atoms with E-state index in [2.05, 4.69) is 21.2 Å². The summed E-state index contributed by atoms with van der Waals surface area (Å²) < 4.78 is 6.19. The molecule has 2 rings (SSSR count). The number of hydrogen-bond acceptors (Lipinski definition) is 4. The fraction of sp³-hybridized carbons (Fsp3) is 0.529. The maximum absolute atomic E-state index is 12.3. The molecule has 2 atom stereocenters. The first-order valence-corrected chi connectivity index (χ1v) is 8.64. The molecule has 0 radical (unpaired) electrons. The number of ether oxygens (including phenoxy) is 1. The molecule has 7 heteroatoms. The molecule has 0 spiro atoms. The van der Waals surface area contributed by atoms with Gasteiger partial charge < -0.3 is 20.1 Å². The largest absolute Gasteiger partial charge is 0.444 e. The van der Waals surface area contributed by atoms with Gasteiger partial charge in [0, 0.05) is 17.6 Å². The summed E-state index contributed by atoms with van der Waals surface area (Å²) >= 11 is 3.43. The van der Waals surface area contributed by atoms with E-state index in [1.165, 1.54) is 4.90 Å². The maximum atomic E-state index is 12.3. The summed E-state index contributed by atoms with van der Waals surface area (Å²) in [6.07, 6.45) is -1.40. The third kappa shape index (κ3) is 4.95. The smallest absolute Gasteiger partial charge is 0.410 e. The van der Waals surface area contributed by atoms with E-state index in [1.807, 2.05) is 24.3 Å². The second-order valence-corrected chi connectivity index (χ2v) is 7.72. The molecule has 1 aliphatic rings. The molecule has 1 aromatic rings. The molecule has 0 aromatic heterocycles. The van der Waals surface area contributed by atoms with E-state index >= 15 is 0 Å². The minimum Gasteiger partial charge on any atom is -0.444 e. The van der Waals surface area contributed by atoms with E-state index in [9.17, 15) is 14.7 Å². The number of nitrogens with zero attached hydrogens (tertiary/aromatic N) is 1.